The zero-order valence-corrected chi connectivity index (χ0v) is 13.0. The summed E-state index contributed by atoms with van der Waals surface area (Å²) >= 11 is 0.284. The van der Waals surface area contributed by atoms with Crippen molar-refractivity contribution in [2.24, 2.45) is 7.05 Å². The summed E-state index contributed by atoms with van der Waals surface area (Å²) in [5, 5.41) is 1.27. The molecule has 4 aromatic rings. The Morgan fingerprint density at radius 2 is 2.05 bits per heavy atom. The van der Waals surface area contributed by atoms with Crippen LogP contribution in [0.3, 0.4) is 0 Å². The molecule has 0 N–H and O–H groups in total. The second-order valence-corrected chi connectivity index (χ2v) is 7.12. The first-order valence-electron chi connectivity index (χ1n) is 6.46. The number of fused-ring (bicyclic) bond motifs is 3. The van der Waals surface area contributed by atoms with Crippen molar-refractivity contribution in [1.29, 1.82) is 0 Å². The Hall–Kier alpha value is -1.90. The van der Waals surface area contributed by atoms with Gasteiger partial charge in [-0.3, -0.25) is 0 Å². The Labute approximate surface area is 122 Å². The summed E-state index contributed by atoms with van der Waals surface area (Å²) in [6, 6.07) is 10.6. The Morgan fingerprint density at radius 3 is 2.85 bits per heavy atom. The molecule has 0 aliphatic rings. The van der Waals surface area contributed by atoms with Crippen molar-refractivity contribution in [2.75, 3.05) is 0 Å². The second-order valence-electron chi connectivity index (χ2n) is 4.91. The Kier molecular flexibility index (Phi) is 2.56. The van der Waals surface area contributed by atoms with Crippen LogP contribution in [0.4, 0.5) is 0 Å². The van der Waals surface area contributed by atoms with E-state index in [-0.39, 0.29) is 14.5 Å². The van der Waals surface area contributed by atoms with Gasteiger partial charge in [-0.2, -0.15) is 0 Å². The zero-order chi connectivity index (χ0) is 13.7. The van der Waals surface area contributed by atoms with E-state index in [0.29, 0.717) is 0 Å². The van der Waals surface area contributed by atoms with Crippen molar-refractivity contribution in [2.45, 2.75) is 6.92 Å². The van der Waals surface area contributed by atoms with Crippen LogP contribution >= 0.6 is 0 Å². The number of nitrogens with zero attached hydrogens (tertiary/aromatic N) is 2. The van der Waals surface area contributed by atoms with Gasteiger partial charge in [0, 0.05) is 0 Å². The second kappa shape index (κ2) is 4.30. The summed E-state index contributed by atoms with van der Waals surface area (Å²) in [5.41, 5.74) is 3.44. The van der Waals surface area contributed by atoms with Crippen LogP contribution in [0, 0.1) is 6.92 Å². The third-order valence-electron chi connectivity index (χ3n) is 3.57. The average Bonchev–Trinajstić information content (AvgIpc) is 3.02. The van der Waals surface area contributed by atoms with Crippen LogP contribution in [0.25, 0.3) is 30.9 Å². The van der Waals surface area contributed by atoms with Gasteiger partial charge in [-0.25, -0.2) is 0 Å². The molecule has 98 valence electrons. The van der Waals surface area contributed by atoms with Crippen molar-refractivity contribution < 1.29 is 8.98 Å². The predicted molar refractivity (Wildman–Crippen MR) is 79.8 cm³/mol. The van der Waals surface area contributed by atoms with Crippen LogP contribution in [0.1, 0.15) is 5.56 Å². The van der Waals surface area contributed by atoms with Crippen molar-refractivity contribution in [1.82, 2.24) is 4.98 Å². The molecule has 0 aliphatic carbocycles. The standard InChI is InChI=1S/C16H13N2OSe/c1-10-7-8-19-15(10)14-16-13(17-9-18(14)2)11-5-3-4-6-12(11)20-16/h3-9H,1-2H3/q+1. The van der Waals surface area contributed by atoms with E-state index in [4.69, 9.17) is 4.42 Å². The van der Waals surface area contributed by atoms with E-state index in [2.05, 4.69) is 40.7 Å². The minimum absolute atomic E-state index is 0.284. The van der Waals surface area contributed by atoms with Gasteiger partial charge in [0.2, 0.25) is 0 Å². The van der Waals surface area contributed by atoms with Crippen molar-refractivity contribution >= 4 is 33.9 Å². The molecular formula is C16H13N2OSe+. The molecule has 0 atom stereocenters. The monoisotopic (exact) mass is 329 g/mol. The molecule has 0 spiro atoms. The van der Waals surface area contributed by atoms with Crippen LogP contribution in [0.15, 0.2) is 47.3 Å². The quantitative estimate of drug-likeness (QED) is 0.397. The summed E-state index contributed by atoms with van der Waals surface area (Å²) in [6.45, 7) is 2.08. The van der Waals surface area contributed by atoms with E-state index in [9.17, 15) is 0 Å². The molecule has 0 saturated carbocycles. The number of hydrogen-bond acceptors (Lipinski definition) is 2. The van der Waals surface area contributed by atoms with Gasteiger partial charge < -0.3 is 0 Å². The van der Waals surface area contributed by atoms with Gasteiger partial charge in [0.15, 0.2) is 0 Å². The summed E-state index contributed by atoms with van der Waals surface area (Å²) in [5.74, 6) is 0.959. The van der Waals surface area contributed by atoms with Gasteiger partial charge in [-0.05, 0) is 0 Å². The third kappa shape index (κ3) is 1.59. The van der Waals surface area contributed by atoms with E-state index >= 15 is 0 Å². The topological polar surface area (TPSA) is 29.9 Å². The summed E-state index contributed by atoms with van der Waals surface area (Å²) in [4.78, 5) is 4.64. The van der Waals surface area contributed by atoms with Crippen molar-refractivity contribution in [3.05, 3.63) is 48.5 Å². The molecule has 1 aromatic carbocycles. The molecule has 0 fully saturated rings. The van der Waals surface area contributed by atoms with Gasteiger partial charge in [0.05, 0.1) is 0 Å². The molecular weight excluding hydrogens is 315 g/mol. The number of aryl methyl sites for hydroxylation is 2. The zero-order valence-electron chi connectivity index (χ0n) is 11.3. The molecule has 0 bridgehead atoms. The SMILES string of the molecule is Cc1ccoc1-c1c2[se]c3ccccc3c2nc[n+]1C. The normalized spacial score (nSPS) is 11.5. The van der Waals surface area contributed by atoms with Crippen LogP contribution < -0.4 is 4.57 Å². The number of rotatable bonds is 1. The average molecular weight is 328 g/mol. The van der Waals surface area contributed by atoms with Gasteiger partial charge in [-0.1, -0.05) is 0 Å². The van der Waals surface area contributed by atoms with E-state index in [0.717, 1.165) is 17.0 Å². The predicted octanol–water partition coefficient (Wildman–Crippen LogP) is 2.84. The first-order valence-corrected chi connectivity index (χ1v) is 8.17. The van der Waals surface area contributed by atoms with Crippen molar-refractivity contribution in [3.63, 3.8) is 0 Å². The fourth-order valence-corrected chi connectivity index (χ4v) is 5.15. The Balaban J connectivity index is 2.19. The fourth-order valence-electron chi connectivity index (χ4n) is 2.56. The molecule has 3 heterocycles. The number of benzene rings is 1. The van der Waals surface area contributed by atoms with E-state index in [1.807, 2.05) is 19.4 Å². The molecule has 0 aliphatic heterocycles. The first-order chi connectivity index (χ1) is 9.75. The Morgan fingerprint density at radius 1 is 1.20 bits per heavy atom. The number of aromatic nitrogens is 2. The summed E-state index contributed by atoms with van der Waals surface area (Å²) in [7, 11) is 2.03. The summed E-state index contributed by atoms with van der Waals surface area (Å²) in [6.07, 6.45) is 3.64. The minimum atomic E-state index is 0.284. The van der Waals surface area contributed by atoms with Gasteiger partial charge in [-0.15, -0.1) is 0 Å². The van der Waals surface area contributed by atoms with E-state index < -0.39 is 0 Å². The van der Waals surface area contributed by atoms with Gasteiger partial charge in [0.25, 0.3) is 0 Å². The molecule has 3 nitrogen and oxygen atoms in total. The van der Waals surface area contributed by atoms with Crippen molar-refractivity contribution in [3.8, 4) is 11.5 Å². The summed E-state index contributed by atoms with van der Waals surface area (Å²) < 4.78 is 10.5. The number of hydrogen-bond donors (Lipinski definition) is 0. The third-order valence-corrected chi connectivity index (χ3v) is 6.02. The molecule has 0 saturated heterocycles. The molecule has 3 aromatic heterocycles. The molecule has 0 unspecified atom stereocenters. The van der Waals surface area contributed by atoms with E-state index in [1.165, 1.54) is 19.5 Å². The maximum absolute atomic E-state index is 5.72. The molecule has 0 radical (unpaired) electrons. The van der Waals surface area contributed by atoms with Crippen LogP contribution in [-0.2, 0) is 7.05 Å². The fraction of sp³-hybridized carbons (Fsp3) is 0.125. The van der Waals surface area contributed by atoms with E-state index in [1.54, 1.807) is 6.26 Å². The number of furan rings is 1. The Bertz CT molecular complexity index is 936. The maximum atomic E-state index is 5.72. The molecule has 20 heavy (non-hydrogen) atoms. The van der Waals surface area contributed by atoms with Gasteiger partial charge in [0.1, 0.15) is 0 Å². The van der Waals surface area contributed by atoms with Crippen LogP contribution in [0.2, 0.25) is 0 Å². The first kappa shape index (κ1) is 11.9. The molecule has 0 amide bonds. The molecule has 4 rings (SSSR count). The van der Waals surface area contributed by atoms with Crippen LogP contribution in [0.5, 0.6) is 0 Å². The molecule has 4 heteroatoms. The van der Waals surface area contributed by atoms with Gasteiger partial charge >= 0.3 is 122 Å². The van der Waals surface area contributed by atoms with Crippen LogP contribution in [-0.4, -0.2) is 19.5 Å².